The van der Waals surface area contributed by atoms with Crippen LogP contribution in [-0.2, 0) is 16.0 Å². The number of aryl methyl sites for hydroxylation is 1. The number of ether oxygens (including phenoxy) is 3. The first-order chi connectivity index (χ1) is 9.17. The van der Waals surface area contributed by atoms with Crippen molar-refractivity contribution in [3.63, 3.8) is 0 Å². The van der Waals surface area contributed by atoms with E-state index in [1.54, 1.807) is 0 Å². The molecule has 5 nitrogen and oxygen atoms in total. The predicted octanol–water partition coefficient (Wildman–Crippen LogP) is 2.05. The molecular formula is C13H13NO4S. The molecule has 0 atom stereocenters. The fraction of sp³-hybridized carbons (Fsp3) is 0.385. The van der Waals surface area contributed by atoms with Gasteiger partial charge < -0.3 is 14.2 Å². The average molecular weight is 279 g/mol. The molecule has 1 aliphatic heterocycles. The van der Waals surface area contributed by atoms with Gasteiger partial charge in [0.25, 0.3) is 0 Å². The molecule has 1 aliphatic rings. The van der Waals surface area contributed by atoms with E-state index in [1.165, 1.54) is 7.11 Å². The van der Waals surface area contributed by atoms with E-state index >= 15 is 0 Å². The summed E-state index contributed by atoms with van der Waals surface area (Å²) in [5.74, 6) is 0.916. The summed E-state index contributed by atoms with van der Waals surface area (Å²) in [7, 11) is 1.32. The minimum absolute atomic E-state index is 0.130. The van der Waals surface area contributed by atoms with Crippen LogP contribution in [0.25, 0.3) is 0 Å². The Hall–Kier alpha value is -1.87. The number of fused-ring (bicyclic) bond motifs is 1. The van der Waals surface area contributed by atoms with E-state index in [9.17, 15) is 4.79 Å². The van der Waals surface area contributed by atoms with Gasteiger partial charge in [-0.2, -0.15) is 5.26 Å². The van der Waals surface area contributed by atoms with Gasteiger partial charge in [-0.15, -0.1) is 0 Å². The van der Waals surface area contributed by atoms with Gasteiger partial charge in [0.2, 0.25) is 0 Å². The molecule has 2 rings (SSSR count). The topological polar surface area (TPSA) is 68.5 Å². The highest BCUT2D eigenvalue weighted by atomic mass is 32.2. The van der Waals surface area contributed by atoms with Gasteiger partial charge in [-0.1, -0.05) is 0 Å². The Morgan fingerprint density at radius 1 is 1.63 bits per heavy atom. The van der Waals surface area contributed by atoms with Crippen LogP contribution in [-0.4, -0.2) is 26.3 Å². The number of hydrogen-bond donors (Lipinski definition) is 0. The molecule has 1 aromatic carbocycles. The van der Waals surface area contributed by atoms with Crippen LogP contribution in [0.2, 0.25) is 0 Å². The summed E-state index contributed by atoms with van der Waals surface area (Å²) in [6.45, 7) is 2.31. The molecule has 19 heavy (non-hydrogen) atoms. The predicted molar refractivity (Wildman–Crippen MR) is 69.4 cm³/mol. The summed E-state index contributed by atoms with van der Waals surface area (Å²) in [4.78, 5) is 11.9. The van der Waals surface area contributed by atoms with Crippen LogP contribution in [0.15, 0.2) is 11.0 Å². The van der Waals surface area contributed by atoms with Gasteiger partial charge in [0.1, 0.15) is 16.9 Å². The zero-order valence-electron chi connectivity index (χ0n) is 10.7. The fourth-order valence-electron chi connectivity index (χ4n) is 1.97. The number of carbonyl (C=O) groups excluding carboxylic acids is 1. The molecule has 0 N–H and O–H groups in total. The first kappa shape index (κ1) is 13.6. The molecule has 0 saturated carbocycles. The molecule has 0 saturated heterocycles. The Kier molecular flexibility index (Phi) is 4.17. The van der Waals surface area contributed by atoms with Gasteiger partial charge in [0.05, 0.1) is 18.6 Å². The van der Waals surface area contributed by atoms with Gasteiger partial charge >= 0.3 is 5.97 Å². The molecule has 0 bridgehead atoms. The molecule has 0 aromatic heterocycles. The quantitative estimate of drug-likeness (QED) is 0.477. The molecule has 0 aliphatic carbocycles. The number of carbonyl (C=O) groups is 1. The summed E-state index contributed by atoms with van der Waals surface area (Å²) < 4.78 is 15.6. The largest absolute Gasteiger partial charge is 0.492 e. The number of hydrogen-bond acceptors (Lipinski definition) is 6. The maximum Gasteiger partial charge on any atom is 0.343 e. The maximum atomic E-state index is 11.1. The SMILES string of the molecule is COC(=O)COc1c(C)cc(SC#N)c2c1CCO2. The maximum absolute atomic E-state index is 11.1. The summed E-state index contributed by atoms with van der Waals surface area (Å²) in [6.07, 6.45) is 0.715. The molecule has 0 spiro atoms. The Balaban J connectivity index is 2.32. The van der Waals surface area contributed by atoms with Crippen LogP contribution >= 0.6 is 11.8 Å². The van der Waals surface area contributed by atoms with Crippen molar-refractivity contribution in [3.05, 3.63) is 17.2 Å². The van der Waals surface area contributed by atoms with Crippen molar-refractivity contribution in [1.82, 2.24) is 0 Å². The third kappa shape index (κ3) is 2.76. The van der Waals surface area contributed by atoms with E-state index in [0.29, 0.717) is 24.5 Å². The van der Waals surface area contributed by atoms with E-state index in [1.807, 2.05) is 18.4 Å². The lowest BCUT2D eigenvalue weighted by atomic mass is 10.1. The molecule has 0 fully saturated rings. The lowest BCUT2D eigenvalue weighted by Crippen LogP contribution is -2.13. The normalized spacial score (nSPS) is 12.3. The highest BCUT2D eigenvalue weighted by Gasteiger charge is 2.24. The third-order valence-electron chi connectivity index (χ3n) is 2.79. The van der Waals surface area contributed by atoms with Crippen molar-refractivity contribution in [2.45, 2.75) is 18.2 Å². The van der Waals surface area contributed by atoms with Gasteiger partial charge in [-0.05, 0) is 30.3 Å². The van der Waals surface area contributed by atoms with E-state index < -0.39 is 5.97 Å². The highest BCUT2D eigenvalue weighted by Crippen LogP contribution is 2.43. The Morgan fingerprint density at radius 2 is 2.42 bits per heavy atom. The molecule has 6 heteroatoms. The monoisotopic (exact) mass is 279 g/mol. The van der Waals surface area contributed by atoms with E-state index in [-0.39, 0.29) is 6.61 Å². The molecule has 0 amide bonds. The Morgan fingerprint density at radius 3 is 3.11 bits per heavy atom. The van der Waals surface area contributed by atoms with Crippen molar-refractivity contribution in [2.24, 2.45) is 0 Å². The van der Waals surface area contributed by atoms with Crippen LogP contribution in [0, 0.1) is 17.6 Å². The number of rotatable bonds is 4. The van der Waals surface area contributed by atoms with Crippen LogP contribution in [0.1, 0.15) is 11.1 Å². The summed E-state index contributed by atoms with van der Waals surface area (Å²) in [6, 6.07) is 1.84. The van der Waals surface area contributed by atoms with Gasteiger partial charge in [0, 0.05) is 12.0 Å². The first-order valence-corrected chi connectivity index (χ1v) is 6.53. The highest BCUT2D eigenvalue weighted by molar-refractivity contribution is 8.03. The van der Waals surface area contributed by atoms with Gasteiger partial charge in [0.15, 0.2) is 6.61 Å². The van der Waals surface area contributed by atoms with Crippen LogP contribution in [0.3, 0.4) is 0 Å². The standard InChI is InChI=1S/C13H13NO4S/c1-8-5-10(19-7-14)13-9(3-4-17-13)12(8)18-6-11(15)16-2/h5H,3-4,6H2,1-2H3. The third-order valence-corrected chi connectivity index (χ3v) is 3.41. The van der Waals surface area contributed by atoms with E-state index in [0.717, 1.165) is 27.8 Å². The van der Waals surface area contributed by atoms with Gasteiger partial charge in [-0.3, -0.25) is 0 Å². The van der Waals surface area contributed by atoms with Crippen LogP contribution in [0.4, 0.5) is 0 Å². The molecule has 100 valence electrons. The second-order valence-electron chi connectivity index (χ2n) is 3.99. The molecule has 1 aromatic rings. The zero-order valence-corrected chi connectivity index (χ0v) is 11.5. The lowest BCUT2D eigenvalue weighted by Gasteiger charge is -2.14. The number of benzene rings is 1. The number of thiocyanates is 1. The lowest BCUT2D eigenvalue weighted by molar-refractivity contribution is -0.142. The number of thioether (sulfide) groups is 1. The second-order valence-corrected chi connectivity index (χ2v) is 4.81. The number of esters is 1. The van der Waals surface area contributed by atoms with E-state index in [2.05, 4.69) is 4.74 Å². The van der Waals surface area contributed by atoms with Crippen molar-refractivity contribution in [2.75, 3.05) is 20.3 Å². The molecule has 0 unspecified atom stereocenters. The Bertz CT molecular complexity index is 551. The first-order valence-electron chi connectivity index (χ1n) is 5.72. The molecule has 1 heterocycles. The van der Waals surface area contributed by atoms with Crippen LogP contribution in [0.5, 0.6) is 11.5 Å². The number of nitrogens with zero attached hydrogens (tertiary/aromatic N) is 1. The Labute approximate surface area is 115 Å². The van der Waals surface area contributed by atoms with Crippen molar-refractivity contribution in [1.29, 1.82) is 5.26 Å². The molecule has 0 radical (unpaired) electrons. The number of nitriles is 1. The minimum atomic E-state index is -0.428. The summed E-state index contributed by atoms with van der Waals surface area (Å²) >= 11 is 1.07. The van der Waals surface area contributed by atoms with E-state index in [4.69, 9.17) is 14.7 Å². The van der Waals surface area contributed by atoms with Gasteiger partial charge in [-0.25, -0.2) is 4.79 Å². The van der Waals surface area contributed by atoms with Crippen LogP contribution < -0.4 is 9.47 Å². The van der Waals surface area contributed by atoms with Crippen molar-refractivity contribution >= 4 is 17.7 Å². The second kappa shape index (κ2) is 5.85. The molecular weight excluding hydrogens is 266 g/mol. The summed E-state index contributed by atoms with van der Waals surface area (Å²) in [5.41, 5.74) is 1.80. The average Bonchev–Trinajstić information content (AvgIpc) is 2.87. The summed E-state index contributed by atoms with van der Waals surface area (Å²) in [5, 5.41) is 10.8. The van der Waals surface area contributed by atoms with Crippen molar-refractivity contribution in [3.8, 4) is 16.9 Å². The fourth-order valence-corrected chi connectivity index (χ4v) is 2.58. The number of methoxy groups -OCH3 is 1. The zero-order chi connectivity index (χ0) is 13.8. The smallest absolute Gasteiger partial charge is 0.343 e. The minimum Gasteiger partial charge on any atom is -0.492 e. The van der Waals surface area contributed by atoms with Crippen molar-refractivity contribution < 1.29 is 19.0 Å².